The molecule has 0 atom stereocenters. The van der Waals surface area contributed by atoms with E-state index in [0.29, 0.717) is 17.1 Å². The van der Waals surface area contributed by atoms with Gasteiger partial charge in [-0.1, -0.05) is 55.5 Å². The lowest BCUT2D eigenvalue weighted by atomic mass is 10.1. The van der Waals surface area contributed by atoms with Crippen molar-refractivity contribution in [3.8, 4) is 11.4 Å². The van der Waals surface area contributed by atoms with Crippen molar-refractivity contribution in [2.75, 3.05) is 11.9 Å². The fraction of sp³-hybridized carbons (Fsp3) is 0.261. The van der Waals surface area contributed by atoms with Gasteiger partial charge < -0.3 is 10.4 Å². The summed E-state index contributed by atoms with van der Waals surface area (Å²) < 4.78 is 1.39. The number of nitrogens with one attached hydrogen (secondary N) is 1. The Labute approximate surface area is 169 Å². The van der Waals surface area contributed by atoms with Crippen molar-refractivity contribution >= 4 is 11.6 Å². The molecule has 3 rings (SSSR count). The normalized spacial score (nSPS) is 10.7. The molecule has 6 heteroatoms. The van der Waals surface area contributed by atoms with Crippen LogP contribution in [-0.2, 0) is 24.2 Å². The average Bonchev–Trinajstić information content (AvgIpc) is 2.74. The Morgan fingerprint density at radius 3 is 2.48 bits per heavy atom. The van der Waals surface area contributed by atoms with Crippen molar-refractivity contribution in [1.29, 1.82) is 0 Å². The lowest BCUT2D eigenvalue weighted by Gasteiger charge is -2.16. The number of carbonyl (C=O) groups excluding carboxylic acids is 1. The van der Waals surface area contributed by atoms with Gasteiger partial charge >= 0.3 is 0 Å². The van der Waals surface area contributed by atoms with Crippen LogP contribution in [0.1, 0.15) is 23.7 Å². The third kappa shape index (κ3) is 4.60. The summed E-state index contributed by atoms with van der Waals surface area (Å²) in [6.07, 6.45) is 0.991. The number of nitrogens with zero attached hydrogens (tertiary/aromatic N) is 2. The summed E-state index contributed by atoms with van der Waals surface area (Å²) in [5.74, 6) is 0.138. The number of aliphatic hydroxyl groups excluding tert-OH is 1. The molecule has 150 valence electrons. The van der Waals surface area contributed by atoms with Gasteiger partial charge in [0.2, 0.25) is 5.91 Å². The van der Waals surface area contributed by atoms with E-state index in [9.17, 15) is 14.7 Å². The number of para-hydroxylation sites is 1. The van der Waals surface area contributed by atoms with Gasteiger partial charge in [-0.25, -0.2) is 4.98 Å². The van der Waals surface area contributed by atoms with Crippen molar-refractivity contribution in [3.63, 3.8) is 0 Å². The maximum Gasteiger partial charge on any atom is 0.257 e. The van der Waals surface area contributed by atoms with E-state index in [1.54, 1.807) is 6.92 Å². The lowest BCUT2D eigenvalue weighted by Crippen LogP contribution is -2.33. The molecular weight excluding hydrogens is 366 g/mol. The van der Waals surface area contributed by atoms with Crippen LogP contribution in [0.5, 0.6) is 0 Å². The number of benzene rings is 2. The van der Waals surface area contributed by atoms with Crippen LogP contribution in [0, 0.1) is 6.92 Å². The molecule has 0 aliphatic rings. The Hall–Kier alpha value is -3.25. The second-order valence-electron chi connectivity index (χ2n) is 6.79. The summed E-state index contributed by atoms with van der Waals surface area (Å²) in [4.78, 5) is 30.5. The van der Waals surface area contributed by atoms with Gasteiger partial charge in [0, 0.05) is 35.5 Å². The second kappa shape index (κ2) is 9.30. The number of hydrogen-bond donors (Lipinski definition) is 2. The van der Waals surface area contributed by atoms with E-state index in [1.807, 2.05) is 61.5 Å². The van der Waals surface area contributed by atoms with Crippen LogP contribution in [0.15, 0.2) is 59.4 Å². The largest absolute Gasteiger partial charge is 0.396 e. The van der Waals surface area contributed by atoms with Crippen molar-refractivity contribution in [2.24, 2.45) is 0 Å². The molecule has 0 saturated carbocycles. The molecule has 6 nitrogen and oxygen atoms in total. The van der Waals surface area contributed by atoms with Gasteiger partial charge in [0.15, 0.2) is 0 Å². The molecule has 0 aliphatic carbocycles. The molecular formula is C23H25N3O3. The maximum atomic E-state index is 13.1. The summed E-state index contributed by atoms with van der Waals surface area (Å²) in [6.45, 7) is 3.46. The number of aliphatic hydroxyl groups is 1. The molecule has 2 N–H and O–H groups in total. The molecule has 29 heavy (non-hydrogen) atoms. The average molecular weight is 391 g/mol. The van der Waals surface area contributed by atoms with Gasteiger partial charge in [0.05, 0.1) is 0 Å². The molecule has 0 spiro atoms. The molecule has 1 aromatic heterocycles. The van der Waals surface area contributed by atoms with Gasteiger partial charge in [0.25, 0.3) is 5.56 Å². The molecule has 1 amide bonds. The number of carbonyl (C=O) groups is 1. The summed E-state index contributed by atoms with van der Waals surface area (Å²) in [7, 11) is 0. The molecule has 0 unspecified atom stereocenters. The van der Waals surface area contributed by atoms with E-state index in [1.165, 1.54) is 4.57 Å². The zero-order chi connectivity index (χ0) is 20.8. The smallest absolute Gasteiger partial charge is 0.257 e. The van der Waals surface area contributed by atoms with Crippen molar-refractivity contribution in [2.45, 2.75) is 33.2 Å². The zero-order valence-electron chi connectivity index (χ0n) is 16.7. The first kappa shape index (κ1) is 20.5. The molecule has 0 fully saturated rings. The van der Waals surface area contributed by atoms with Gasteiger partial charge in [-0.05, 0) is 25.0 Å². The molecule has 0 bridgehead atoms. The highest BCUT2D eigenvalue weighted by Crippen LogP contribution is 2.19. The lowest BCUT2D eigenvalue weighted by molar-refractivity contribution is -0.116. The van der Waals surface area contributed by atoms with E-state index in [0.717, 1.165) is 23.2 Å². The zero-order valence-corrected chi connectivity index (χ0v) is 16.7. The van der Waals surface area contributed by atoms with E-state index < -0.39 is 0 Å². The number of aryl methyl sites for hydroxylation is 2. The van der Waals surface area contributed by atoms with Gasteiger partial charge in [-0.3, -0.25) is 14.2 Å². The Balaban J connectivity index is 2.01. The first-order valence-electron chi connectivity index (χ1n) is 9.69. The number of rotatable bonds is 7. The fourth-order valence-corrected chi connectivity index (χ4v) is 3.34. The minimum Gasteiger partial charge on any atom is -0.396 e. The highest BCUT2D eigenvalue weighted by atomic mass is 16.3. The number of aromatic nitrogens is 2. The minimum absolute atomic E-state index is 0.154. The third-order valence-corrected chi connectivity index (χ3v) is 4.84. The van der Waals surface area contributed by atoms with E-state index in [4.69, 9.17) is 0 Å². The van der Waals surface area contributed by atoms with E-state index in [2.05, 4.69) is 10.3 Å². The van der Waals surface area contributed by atoms with Crippen LogP contribution < -0.4 is 10.9 Å². The van der Waals surface area contributed by atoms with Crippen LogP contribution in [0.4, 0.5) is 5.69 Å². The van der Waals surface area contributed by atoms with Crippen LogP contribution in [0.25, 0.3) is 11.4 Å². The summed E-state index contributed by atoms with van der Waals surface area (Å²) in [6, 6.07) is 16.9. The predicted octanol–water partition coefficient (Wildman–Crippen LogP) is 2.95. The topological polar surface area (TPSA) is 84.2 Å². The maximum absolute atomic E-state index is 13.1. The van der Waals surface area contributed by atoms with E-state index in [-0.39, 0.29) is 31.0 Å². The van der Waals surface area contributed by atoms with Crippen LogP contribution in [0.2, 0.25) is 0 Å². The number of hydrogen-bond acceptors (Lipinski definition) is 4. The van der Waals surface area contributed by atoms with Gasteiger partial charge in [0.1, 0.15) is 12.4 Å². The van der Waals surface area contributed by atoms with Crippen LogP contribution in [0.3, 0.4) is 0 Å². The first-order valence-corrected chi connectivity index (χ1v) is 9.69. The predicted molar refractivity (Wildman–Crippen MR) is 114 cm³/mol. The molecule has 1 heterocycles. The monoisotopic (exact) mass is 391 g/mol. The highest BCUT2D eigenvalue weighted by Gasteiger charge is 2.18. The van der Waals surface area contributed by atoms with Gasteiger partial charge in [-0.15, -0.1) is 0 Å². The number of amides is 1. The second-order valence-corrected chi connectivity index (χ2v) is 6.79. The third-order valence-electron chi connectivity index (χ3n) is 4.84. The summed E-state index contributed by atoms with van der Waals surface area (Å²) in [5, 5.41) is 12.2. The molecule has 2 aromatic carbocycles. The quantitative estimate of drug-likeness (QED) is 0.649. The Morgan fingerprint density at radius 2 is 1.79 bits per heavy atom. The highest BCUT2D eigenvalue weighted by molar-refractivity contribution is 5.91. The van der Waals surface area contributed by atoms with Crippen LogP contribution >= 0.6 is 0 Å². The molecule has 0 saturated heterocycles. The minimum atomic E-state index is -0.302. The molecule has 0 radical (unpaired) electrons. The number of anilines is 1. The Bertz CT molecular complexity index is 1060. The summed E-state index contributed by atoms with van der Waals surface area (Å²) in [5.41, 5.74) is 3.21. The first-order chi connectivity index (χ1) is 14.0. The van der Waals surface area contributed by atoms with E-state index >= 15 is 0 Å². The Morgan fingerprint density at radius 1 is 1.10 bits per heavy atom. The summed E-state index contributed by atoms with van der Waals surface area (Å²) >= 11 is 0. The van der Waals surface area contributed by atoms with Crippen LogP contribution in [-0.4, -0.2) is 27.2 Å². The van der Waals surface area contributed by atoms with Crippen molar-refractivity contribution < 1.29 is 9.90 Å². The fourth-order valence-electron chi connectivity index (χ4n) is 3.34. The standard InChI is InChI=1S/C23H25N3O3/c1-3-17-9-7-8-12-20(17)25-21(28)15-26-22(18-10-5-4-6-11-18)24-16(2)19(13-14-27)23(26)29/h4-12,27H,3,13-15H2,1-2H3,(H,25,28). The SMILES string of the molecule is CCc1ccccc1NC(=O)Cn1c(-c2ccccc2)nc(C)c(CCO)c1=O. The Kier molecular flexibility index (Phi) is 6.57. The van der Waals surface area contributed by atoms with Crippen molar-refractivity contribution in [3.05, 3.63) is 81.8 Å². The molecule has 0 aliphatic heterocycles. The van der Waals surface area contributed by atoms with Gasteiger partial charge in [-0.2, -0.15) is 0 Å². The van der Waals surface area contributed by atoms with Crippen molar-refractivity contribution in [1.82, 2.24) is 9.55 Å². The molecule has 3 aromatic rings.